The summed E-state index contributed by atoms with van der Waals surface area (Å²) in [5.41, 5.74) is 3.22. The van der Waals surface area contributed by atoms with Gasteiger partial charge in [-0.2, -0.15) is 0 Å². The van der Waals surface area contributed by atoms with E-state index in [-0.39, 0.29) is 0 Å². The van der Waals surface area contributed by atoms with Crippen molar-refractivity contribution in [3.05, 3.63) is 34.9 Å². The molecule has 0 aliphatic carbocycles. The zero-order valence-corrected chi connectivity index (χ0v) is 11.6. The van der Waals surface area contributed by atoms with Gasteiger partial charge in [0, 0.05) is 13.0 Å². The largest absolute Gasteiger partial charge is 0.390 e. The molecule has 0 aliphatic rings. The van der Waals surface area contributed by atoms with Crippen molar-refractivity contribution < 1.29 is 9.84 Å². The highest BCUT2D eigenvalue weighted by molar-refractivity contribution is 5.30. The van der Waals surface area contributed by atoms with Crippen LogP contribution in [0.25, 0.3) is 0 Å². The summed E-state index contributed by atoms with van der Waals surface area (Å²) in [6.07, 6.45) is 0.151. The molecule has 0 saturated heterocycles. The van der Waals surface area contributed by atoms with E-state index in [4.69, 9.17) is 4.74 Å². The minimum atomic E-state index is -0.493. The summed E-state index contributed by atoms with van der Waals surface area (Å²) < 4.78 is 5.57. The molecule has 0 aliphatic heterocycles. The van der Waals surface area contributed by atoms with Gasteiger partial charge in [0.05, 0.1) is 11.7 Å². The van der Waals surface area contributed by atoms with Gasteiger partial charge in [0.1, 0.15) is 0 Å². The van der Waals surface area contributed by atoms with Crippen LogP contribution in [0.4, 0.5) is 0 Å². The quantitative estimate of drug-likeness (QED) is 0.851. The fraction of sp³-hybridized carbons (Fsp3) is 0.600. The van der Waals surface area contributed by atoms with Crippen LogP contribution in [0.1, 0.15) is 37.5 Å². The number of aryl methyl sites for hydroxylation is 2. The van der Waals surface area contributed by atoms with Crippen LogP contribution in [0.15, 0.2) is 18.2 Å². The standard InChI is InChI=1S/C15H24O2/c1-6-17-15(4,5)14(16)10-13-8-7-11(2)12(3)9-13/h7-9,14,16H,6,10H2,1-5H3. The lowest BCUT2D eigenvalue weighted by Gasteiger charge is -2.30. The minimum Gasteiger partial charge on any atom is -0.390 e. The van der Waals surface area contributed by atoms with Crippen molar-refractivity contribution in [3.8, 4) is 0 Å². The van der Waals surface area contributed by atoms with Crippen molar-refractivity contribution in [3.63, 3.8) is 0 Å². The maximum atomic E-state index is 10.2. The van der Waals surface area contributed by atoms with Crippen LogP contribution < -0.4 is 0 Å². The van der Waals surface area contributed by atoms with Gasteiger partial charge in [0.25, 0.3) is 0 Å². The molecule has 0 spiro atoms. The SMILES string of the molecule is CCOC(C)(C)C(O)Cc1ccc(C)c(C)c1. The predicted octanol–water partition coefficient (Wildman–Crippen LogP) is 3.02. The molecule has 1 unspecified atom stereocenters. The first kappa shape index (κ1) is 14.2. The Labute approximate surface area is 105 Å². The topological polar surface area (TPSA) is 29.5 Å². The summed E-state index contributed by atoms with van der Waals surface area (Å²) >= 11 is 0. The van der Waals surface area contributed by atoms with Gasteiger partial charge in [-0.3, -0.25) is 0 Å². The molecule has 1 aromatic carbocycles. The summed E-state index contributed by atoms with van der Waals surface area (Å²) in [5, 5.41) is 10.2. The average Bonchev–Trinajstić information content (AvgIpc) is 2.23. The molecule has 17 heavy (non-hydrogen) atoms. The Kier molecular flexibility index (Phi) is 4.72. The lowest BCUT2D eigenvalue weighted by atomic mass is 9.93. The molecule has 96 valence electrons. The van der Waals surface area contributed by atoms with Gasteiger partial charge in [-0.15, -0.1) is 0 Å². The molecule has 0 radical (unpaired) electrons. The molecule has 0 amide bonds. The summed E-state index contributed by atoms with van der Waals surface area (Å²) in [4.78, 5) is 0. The molecule has 0 bridgehead atoms. The summed E-state index contributed by atoms with van der Waals surface area (Å²) in [6, 6.07) is 6.32. The lowest BCUT2D eigenvalue weighted by Crippen LogP contribution is -2.40. The van der Waals surface area contributed by atoms with Crippen LogP contribution in [0.3, 0.4) is 0 Å². The average molecular weight is 236 g/mol. The third kappa shape index (κ3) is 3.83. The molecule has 0 aromatic heterocycles. The van der Waals surface area contributed by atoms with Crippen molar-refractivity contribution in [1.29, 1.82) is 0 Å². The van der Waals surface area contributed by atoms with Gasteiger partial charge in [0.2, 0.25) is 0 Å². The Balaban J connectivity index is 2.73. The van der Waals surface area contributed by atoms with Gasteiger partial charge in [-0.1, -0.05) is 18.2 Å². The van der Waals surface area contributed by atoms with Crippen LogP contribution >= 0.6 is 0 Å². The Morgan fingerprint density at radius 3 is 2.41 bits per heavy atom. The zero-order valence-electron chi connectivity index (χ0n) is 11.6. The number of hydrogen-bond acceptors (Lipinski definition) is 2. The highest BCUT2D eigenvalue weighted by atomic mass is 16.5. The maximum Gasteiger partial charge on any atom is 0.0887 e. The van der Waals surface area contributed by atoms with Gasteiger partial charge in [-0.25, -0.2) is 0 Å². The fourth-order valence-electron chi connectivity index (χ4n) is 1.87. The molecular formula is C15H24O2. The molecule has 1 N–H and O–H groups in total. The van der Waals surface area contributed by atoms with E-state index in [0.29, 0.717) is 13.0 Å². The Morgan fingerprint density at radius 1 is 1.24 bits per heavy atom. The first-order valence-corrected chi connectivity index (χ1v) is 6.25. The van der Waals surface area contributed by atoms with Crippen molar-refractivity contribution >= 4 is 0 Å². The van der Waals surface area contributed by atoms with Crippen molar-refractivity contribution in [2.24, 2.45) is 0 Å². The second-order valence-corrected chi connectivity index (χ2v) is 5.17. The van der Waals surface area contributed by atoms with E-state index in [1.165, 1.54) is 11.1 Å². The van der Waals surface area contributed by atoms with Gasteiger partial charge >= 0.3 is 0 Å². The third-order valence-corrected chi connectivity index (χ3v) is 3.32. The predicted molar refractivity (Wildman–Crippen MR) is 71.3 cm³/mol. The molecule has 0 heterocycles. The van der Waals surface area contributed by atoms with Crippen LogP contribution in [-0.2, 0) is 11.2 Å². The van der Waals surface area contributed by atoms with Crippen molar-refractivity contribution in [1.82, 2.24) is 0 Å². The molecule has 0 saturated carbocycles. The number of aliphatic hydroxyl groups excluding tert-OH is 1. The van der Waals surface area contributed by atoms with E-state index in [1.54, 1.807) is 0 Å². The second kappa shape index (κ2) is 5.65. The van der Waals surface area contributed by atoms with Crippen LogP contribution in [0.2, 0.25) is 0 Å². The van der Waals surface area contributed by atoms with E-state index in [2.05, 4.69) is 32.0 Å². The Hall–Kier alpha value is -0.860. The number of rotatable bonds is 5. The first-order chi connectivity index (χ1) is 7.86. The van der Waals surface area contributed by atoms with Crippen LogP contribution in [-0.4, -0.2) is 23.4 Å². The van der Waals surface area contributed by atoms with E-state index in [1.807, 2.05) is 20.8 Å². The van der Waals surface area contributed by atoms with Crippen LogP contribution in [0, 0.1) is 13.8 Å². The van der Waals surface area contributed by atoms with Gasteiger partial charge in [0.15, 0.2) is 0 Å². The smallest absolute Gasteiger partial charge is 0.0887 e. The molecule has 2 nitrogen and oxygen atoms in total. The maximum absolute atomic E-state index is 10.2. The third-order valence-electron chi connectivity index (χ3n) is 3.32. The summed E-state index contributed by atoms with van der Waals surface area (Å²) in [7, 11) is 0. The highest BCUT2D eigenvalue weighted by Crippen LogP contribution is 2.20. The number of benzene rings is 1. The Bertz CT molecular complexity index is 369. The van der Waals surface area contributed by atoms with Gasteiger partial charge < -0.3 is 9.84 Å². The Morgan fingerprint density at radius 2 is 1.88 bits per heavy atom. The van der Waals surface area contributed by atoms with E-state index < -0.39 is 11.7 Å². The molecule has 1 atom stereocenters. The normalized spacial score (nSPS) is 13.8. The van der Waals surface area contributed by atoms with E-state index in [9.17, 15) is 5.11 Å². The number of ether oxygens (including phenoxy) is 1. The van der Waals surface area contributed by atoms with E-state index in [0.717, 1.165) is 5.56 Å². The summed E-state index contributed by atoms with van der Waals surface area (Å²) in [6.45, 7) is 10.6. The second-order valence-electron chi connectivity index (χ2n) is 5.17. The summed E-state index contributed by atoms with van der Waals surface area (Å²) in [5.74, 6) is 0. The van der Waals surface area contributed by atoms with Crippen LogP contribution in [0.5, 0.6) is 0 Å². The van der Waals surface area contributed by atoms with E-state index >= 15 is 0 Å². The first-order valence-electron chi connectivity index (χ1n) is 6.25. The molecular weight excluding hydrogens is 212 g/mol. The van der Waals surface area contributed by atoms with Crippen molar-refractivity contribution in [2.75, 3.05) is 6.61 Å². The molecule has 1 rings (SSSR count). The lowest BCUT2D eigenvalue weighted by molar-refractivity contribution is -0.0955. The molecule has 1 aromatic rings. The number of aliphatic hydroxyl groups is 1. The van der Waals surface area contributed by atoms with Gasteiger partial charge in [-0.05, 0) is 51.3 Å². The molecule has 2 heteroatoms. The highest BCUT2D eigenvalue weighted by Gasteiger charge is 2.28. The molecule has 0 fully saturated rings. The van der Waals surface area contributed by atoms with Crippen molar-refractivity contribution in [2.45, 2.75) is 52.7 Å². The zero-order chi connectivity index (χ0) is 13.1. The fourth-order valence-corrected chi connectivity index (χ4v) is 1.87. The minimum absolute atomic E-state index is 0.482. The number of hydrogen-bond donors (Lipinski definition) is 1. The monoisotopic (exact) mass is 236 g/mol.